The van der Waals surface area contributed by atoms with Crippen LogP contribution in [0, 0.1) is 5.82 Å². The predicted molar refractivity (Wildman–Crippen MR) is 103 cm³/mol. The maximum absolute atomic E-state index is 13.2. The molecular formula is C21H20FN3O2. The summed E-state index contributed by atoms with van der Waals surface area (Å²) in [5.74, 6) is -0.958. The third kappa shape index (κ3) is 4.47. The van der Waals surface area contributed by atoms with Crippen LogP contribution in [0.15, 0.2) is 54.6 Å². The summed E-state index contributed by atoms with van der Waals surface area (Å²) >= 11 is 0. The molecule has 0 fully saturated rings. The van der Waals surface area contributed by atoms with Crippen LogP contribution in [0.25, 0.3) is 22.2 Å². The van der Waals surface area contributed by atoms with Crippen LogP contribution in [-0.2, 0) is 4.79 Å². The number of halogens is 1. The summed E-state index contributed by atoms with van der Waals surface area (Å²) in [5, 5.41) is 6.06. The van der Waals surface area contributed by atoms with E-state index in [1.165, 1.54) is 12.1 Å². The lowest BCUT2D eigenvalue weighted by atomic mass is 10.0. The summed E-state index contributed by atoms with van der Waals surface area (Å²) in [5.41, 5.74) is 2.33. The summed E-state index contributed by atoms with van der Waals surface area (Å²) in [7, 11) is 0. The van der Waals surface area contributed by atoms with E-state index in [1.807, 2.05) is 32.0 Å². The summed E-state index contributed by atoms with van der Waals surface area (Å²) in [6.07, 6.45) is 0. The molecule has 1 heterocycles. The van der Waals surface area contributed by atoms with Crippen LogP contribution in [0.2, 0.25) is 0 Å². The second-order valence-corrected chi connectivity index (χ2v) is 6.48. The Balaban J connectivity index is 1.94. The molecule has 2 N–H and O–H groups in total. The van der Waals surface area contributed by atoms with Gasteiger partial charge in [-0.3, -0.25) is 9.59 Å². The normalized spacial score (nSPS) is 10.8. The SMILES string of the molecule is CC(C)NC(=O)CNC(=O)c1cc(-c2ccc(F)cc2)nc2ccccc12. The Kier molecular flexibility index (Phi) is 5.45. The van der Waals surface area contributed by atoms with Crippen molar-refractivity contribution in [2.24, 2.45) is 0 Å². The van der Waals surface area contributed by atoms with E-state index in [0.717, 1.165) is 0 Å². The molecule has 2 amide bonds. The lowest BCUT2D eigenvalue weighted by molar-refractivity contribution is -0.120. The molecule has 0 bridgehead atoms. The van der Waals surface area contributed by atoms with Crippen molar-refractivity contribution in [1.29, 1.82) is 0 Å². The van der Waals surface area contributed by atoms with E-state index in [-0.39, 0.29) is 30.2 Å². The van der Waals surface area contributed by atoms with Crippen LogP contribution in [0.5, 0.6) is 0 Å². The van der Waals surface area contributed by atoms with E-state index >= 15 is 0 Å². The van der Waals surface area contributed by atoms with Gasteiger partial charge >= 0.3 is 0 Å². The third-order valence-corrected chi connectivity index (χ3v) is 3.96. The Hall–Kier alpha value is -3.28. The zero-order chi connectivity index (χ0) is 19.4. The van der Waals surface area contributed by atoms with Crippen LogP contribution >= 0.6 is 0 Å². The van der Waals surface area contributed by atoms with E-state index in [9.17, 15) is 14.0 Å². The van der Waals surface area contributed by atoms with Gasteiger partial charge in [0.25, 0.3) is 5.91 Å². The van der Waals surface area contributed by atoms with E-state index < -0.39 is 0 Å². The lowest BCUT2D eigenvalue weighted by Gasteiger charge is -2.12. The van der Waals surface area contributed by atoms with E-state index in [0.29, 0.717) is 27.7 Å². The molecule has 0 radical (unpaired) electrons. The van der Waals surface area contributed by atoms with E-state index in [4.69, 9.17) is 0 Å². The van der Waals surface area contributed by atoms with Gasteiger partial charge in [-0.05, 0) is 50.2 Å². The van der Waals surface area contributed by atoms with Crippen LogP contribution in [0.1, 0.15) is 24.2 Å². The first-order valence-electron chi connectivity index (χ1n) is 8.67. The Bertz CT molecular complexity index is 984. The van der Waals surface area contributed by atoms with Gasteiger partial charge in [0.2, 0.25) is 5.91 Å². The summed E-state index contributed by atoms with van der Waals surface area (Å²) < 4.78 is 13.2. The number of hydrogen-bond acceptors (Lipinski definition) is 3. The molecule has 0 saturated carbocycles. The van der Waals surface area contributed by atoms with Gasteiger partial charge in [0.1, 0.15) is 5.82 Å². The molecule has 0 saturated heterocycles. The molecule has 3 rings (SSSR count). The molecule has 2 aromatic carbocycles. The number of carbonyl (C=O) groups excluding carboxylic acids is 2. The van der Waals surface area contributed by atoms with Crippen molar-refractivity contribution in [3.05, 3.63) is 66.0 Å². The van der Waals surface area contributed by atoms with Crippen molar-refractivity contribution in [2.45, 2.75) is 19.9 Å². The summed E-state index contributed by atoms with van der Waals surface area (Å²) in [6, 6.07) is 14.9. The summed E-state index contributed by atoms with van der Waals surface area (Å²) in [4.78, 5) is 29.1. The number of aromatic nitrogens is 1. The van der Waals surface area contributed by atoms with E-state index in [2.05, 4.69) is 15.6 Å². The molecular weight excluding hydrogens is 345 g/mol. The minimum atomic E-state index is -0.365. The number of benzene rings is 2. The Morgan fingerprint density at radius 2 is 1.78 bits per heavy atom. The van der Waals surface area contributed by atoms with Crippen molar-refractivity contribution in [1.82, 2.24) is 15.6 Å². The number of rotatable bonds is 5. The predicted octanol–water partition coefficient (Wildman–Crippen LogP) is 3.30. The van der Waals surface area contributed by atoms with Crippen molar-refractivity contribution in [3.8, 4) is 11.3 Å². The number of fused-ring (bicyclic) bond motifs is 1. The fraction of sp³-hybridized carbons (Fsp3) is 0.190. The van der Waals surface area contributed by atoms with Crippen molar-refractivity contribution in [2.75, 3.05) is 6.54 Å². The first-order valence-corrected chi connectivity index (χ1v) is 8.67. The Labute approximate surface area is 156 Å². The number of carbonyl (C=O) groups is 2. The molecule has 138 valence electrons. The molecule has 0 aliphatic carbocycles. The standard InChI is InChI=1S/C21H20FN3O2/c1-13(2)24-20(26)12-23-21(27)17-11-19(14-7-9-15(22)10-8-14)25-18-6-4-3-5-16(17)18/h3-11,13H,12H2,1-2H3,(H,23,27)(H,24,26). The molecule has 0 aliphatic rings. The molecule has 0 unspecified atom stereocenters. The minimum absolute atomic E-state index is 0.00114. The van der Waals surface area contributed by atoms with Crippen LogP contribution in [0.4, 0.5) is 4.39 Å². The number of nitrogens with one attached hydrogen (secondary N) is 2. The van der Waals surface area contributed by atoms with Crippen molar-refractivity contribution in [3.63, 3.8) is 0 Å². The number of pyridine rings is 1. The maximum Gasteiger partial charge on any atom is 0.252 e. The molecule has 0 aliphatic heterocycles. The first-order chi connectivity index (χ1) is 12.9. The maximum atomic E-state index is 13.2. The molecule has 0 atom stereocenters. The number of para-hydroxylation sites is 1. The Morgan fingerprint density at radius 3 is 2.48 bits per heavy atom. The van der Waals surface area contributed by atoms with Gasteiger partial charge in [-0.15, -0.1) is 0 Å². The average molecular weight is 365 g/mol. The fourth-order valence-electron chi connectivity index (χ4n) is 2.76. The molecule has 27 heavy (non-hydrogen) atoms. The van der Waals surface area contributed by atoms with Crippen LogP contribution < -0.4 is 10.6 Å². The molecule has 5 nitrogen and oxygen atoms in total. The second-order valence-electron chi connectivity index (χ2n) is 6.48. The van der Waals surface area contributed by atoms with Crippen LogP contribution in [0.3, 0.4) is 0 Å². The average Bonchev–Trinajstić information content (AvgIpc) is 2.65. The number of nitrogens with zero attached hydrogens (tertiary/aromatic N) is 1. The molecule has 6 heteroatoms. The van der Waals surface area contributed by atoms with E-state index in [1.54, 1.807) is 24.3 Å². The smallest absolute Gasteiger partial charge is 0.252 e. The highest BCUT2D eigenvalue weighted by Gasteiger charge is 2.15. The number of hydrogen-bond donors (Lipinski definition) is 2. The van der Waals surface area contributed by atoms with Gasteiger partial charge < -0.3 is 10.6 Å². The number of amides is 2. The first kappa shape index (κ1) is 18.5. The topological polar surface area (TPSA) is 71.1 Å². The highest BCUT2D eigenvalue weighted by molar-refractivity contribution is 6.08. The Morgan fingerprint density at radius 1 is 1.07 bits per heavy atom. The van der Waals surface area contributed by atoms with Gasteiger partial charge in [0.15, 0.2) is 0 Å². The molecule has 3 aromatic rings. The van der Waals surface area contributed by atoms with Gasteiger partial charge in [0, 0.05) is 17.0 Å². The summed E-state index contributed by atoms with van der Waals surface area (Å²) in [6.45, 7) is 3.59. The largest absolute Gasteiger partial charge is 0.352 e. The molecule has 1 aromatic heterocycles. The zero-order valence-electron chi connectivity index (χ0n) is 15.1. The minimum Gasteiger partial charge on any atom is -0.352 e. The van der Waals surface area contributed by atoms with Gasteiger partial charge in [-0.25, -0.2) is 9.37 Å². The van der Waals surface area contributed by atoms with Crippen LogP contribution in [-0.4, -0.2) is 29.4 Å². The third-order valence-electron chi connectivity index (χ3n) is 3.96. The van der Waals surface area contributed by atoms with Crippen molar-refractivity contribution >= 4 is 22.7 Å². The zero-order valence-corrected chi connectivity index (χ0v) is 15.1. The fourth-order valence-corrected chi connectivity index (χ4v) is 2.76. The van der Waals surface area contributed by atoms with Gasteiger partial charge in [-0.1, -0.05) is 18.2 Å². The highest BCUT2D eigenvalue weighted by atomic mass is 19.1. The van der Waals surface area contributed by atoms with Gasteiger partial charge in [-0.2, -0.15) is 0 Å². The highest BCUT2D eigenvalue weighted by Crippen LogP contribution is 2.25. The second kappa shape index (κ2) is 7.95. The van der Waals surface area contributed by atoms with Crippen molar-refractivity contribution < 1.29 is 14.0 Å². The quantitative estimate of drug-likeness (QED) is 0.729. The molecule has 0 spiro atoms. The monoisotopic (exact) mass is 365 g/mol. The van der Waals surface area contributed by atoms with Gasteiger partial charge in [0.05, 0.1) is 23.3 Å². The lowest BCUT2D eigenvalue weighted by Crippen LogP contribution is -2.39.